The van der Waals surface area contributed by atoms with Crippen LogP contribution in [0.5, 0.6) is 5.75 Å². The molecule has 24 heavy (non-hydrogen) atoms. The maximum absolute atomic E-state index is 11.9. The topological polar surface area (TPSA) is 81.5 Å². The molecule has 3 aromatic carbocycles. The molecule has 0 radical (unpaired) electrons. The molecule has 6 heteroatoms. The number of anilines is 1. The van der Waals surface area contributed by atoms with Crippen molar-refractivity contribution in [2.75, 3.05) is 11.9 Å². The molecular weight excluding hydrogens is 308 g/mol. The van der Waals surface area contributed by atoms with E-state index in [9.17, 15) is 14.9 Å². The summed E-state index contributed by atoms with van der Waals surface area (Å²) in [5.41, 5.74) is 0.789. The minimum atomic E-state index is -0.506. The first kappa shape index (κ1) is 15.5. The van der Waals surface area contributed by atoms with Crippen LogP contribution < -0.4 is 10.1 Å². The van der Waals surface area contributed by atoms with Gasteiger partial charge in [-0.1, -0.05) is 36.4 Å². The monoisotopic (exact) mass is 322 g/mol. The summed E-state index contributed by atoms with van der Waals surface area (Å²) < 4.78 is 5.16. The van der Waals surface area contributed by atoms with Crippen LogP contribution in [0.2, 0.25) is 0 Å². The Bertz CT molecular complexity index is 886. The lowest BCUT2D eigenvalue weighted by Crippen LogP contribution is -2.19. The van der Waals surface area contributed by atoms with E-state index >= 15 is 0 Å². The summed E-state index contributed by atoms with van der Waals surface area (Å²) in [6.07, 6.45) is 0. The zero-order valence-electron chi connectivity index (χ0n) is 12.6. The number of nitrogens with zero attached hydrogens (tertiary/aromatic N) is 1. The van der Waals surface area contributed by atoms with Crippen molar-refractivity contribution in [3.8, 4) is 5.75 Å². The third kappa shape index (κ3) is 3.49. The fourth-order valence-corrected chi connectivity index (χ4v) is 2.35. The zero-order valence-corrected chi connectivity index (χ0v) is 12.6. The van der Waals surface area contributed by atoms with Gasteiger partial charge in [0, 0.05) is 23.2 Å². The summed E-state index contributed by atoms with van der Waals surface area (Å²) in [7, 11) is 0. The molecule has 0 aromatic heterocycles. The van der Waals surface area contributed by atoms with Gasteiger partial charge in [0.1, 0.15) is 12.3 Å². The number of carbonyl (C=O) groups excluding carboxylic acids is 1. The Hall–Kier alpha value is -3.41. The summed E-state index contributed by atoms with van der Waals surface area (Å²) in [4.78, 5) is 22.0. The molecule has 0 atom stereocenters. The van der Waals surface area contributed by atoms with E-state index in [2.05, 4.69) is 5.32 Å². The molecule has 1 N–H and O–H groups in total. The highest BCUT2D eigenvalue weighted by Gasteiger charge is 2.09. The van der Waals surface area contributed by atoms with Gasteiger partial charge >= 0.3 is 5.97 Å². The largest absolute Gasteiger partial charge is 0.425 e. The minimum absolute atomic E-state index is 0.00893. The standard InChI is InChI=1S/C18H14N2O4/c21-18(24-15-10-8-14(9-11-15)20(22)23)12-19-17-7-3-5-13-4-1-2-6-16(13)17/h1-11,19H,12H2. The molecule has 0 unspecified atom stereocenters. The number of hydrogen-bond donors (Lipinski definition) is 1. The second-order valence-corrected chi connectivity index (χ2v) is 5.11. The number of carbonyl (C=O) groups is 1. The molecule has 0 heterocycles. The highest BCUT2D eigenvalue weighted by molar-refractivity contribution is 5.94. The SMILES string of the molecule is O=C(CNc1cccc2ccccc12)Oc1ccc([N+](=O)[O-])cc1. The Labute approximate surface area is 137 Å². The van der Waals surface area contributed by atoms with Crippen LogP contribution >= 0.6 is 0 Å². The molecule has 0 aliphatic heterocycles. The van der Waals surface area contributed by atoms with Gasteiger partial charge in [-0.3, -0.25) is 10.1 Å². The second-order valence-electron chi connectivity index (χ2n) is 5.11. The molecule has 0 spiro atoms. The lowest BCUT2D eigenvalue weighted by Gasteiger charge is -2.09. The summed E-state index contributed by atoms with van der Waals surface area (Å²) in [6.45, 7) is -0.00893. The molecule has 0 saturated carbocycles. The fourth-order valence-electron chi connectivity index (χ4n) is 2.35. The van der Waals surface area contributed by atoms with E-state index in [1.807, 2.05) is 42.5 Å². The maximum atomic E-state index is 11.9. The lowest BCUT2D eigenvalue weighted by molar-refractivity contribution is -0.384. The second kappa shape index (κ2) is 6.78. The fraction of sp³-hybridized carbons (Fsp3) is 0.0556. The van der Waals surface area contributed by atoms with Crippen LogP contribution in [0.4, 0.5) is 11.4 Å². The highest BCUT2D eigenvalue weighted by atomic mass is 16.6. The summed E-state index contributed by atoms with van der Waals surface area (Å²) in [6, 6.07) is 19.0. The molecule has 0 bridgehead atoms. The highest BCUT2D eigenvalue weighted by Crippen LogP contribution is 2.23. The first-order valence-corrected chi connectivity index (χ1v) is 7.30. The number of hydrogen-bond acceptors (Lipinski definition) is 5. The lowest BCUT2D eigenvalue weighted by atomic mass is 10.1. The number of non-ortho nitro benzene ring substituents is 1. The number of benzene rings is 3. The van der Waals surface area contributed by atoms with Crippen LogP contribution in [0.3, 0.4) is 0 Å². The molecule has 3 aromatic rings. The van der Waals surface area contributed by atoms with Crippen LogP contribution in [0.1, 0.15) is 0 Å². The van der Waals surface area contributed by atoms with Gasteiger partial charge in [0.2, 0.25) is 0 Å². The average molecular weight is 322 g/mol. The van der Waals surface area contributed by atoms with Gasteiger partial charge in [-0.25, -0.2) is 4.79 Å². The molecule has 0 aliphatic carbocycles. The summed E-state index contributed by atoms with van der Waals surface area (Å²) in [5, 5.41) is 15.7. The van der Waals surface area contributed by atoms with Gasteiger partial charge in [-0.15, -0.1) is 0 Å². The normalized spacial score (nSPS) is 10.3. The first-order chi connectivity index (χ1) is 11.6. The van der Waals surface area contributed by atoms with Crippen molar-refractivity contribution in [2.24, 2.45) is 0 Å². The van der Waals surface area contributed by atoms with Crippen LogP contribution in [-0.2, 0) is 4.79 Å². The van der Waals surface area contributed by atoms with Gasteiger partial charge < -0.3 is 10.1 Å². The molecule has 0 saturated heterocycles. The predicted octanol–water partition coefficient (Wildman–Crippen LogP) is 3.77. The molecule has 120 valence electrons. The number of esters is 1. The Morgan fingerprint density at radius 2 is 1.71 bits per heavy atom. The van der Waals surface area contributed by atoms with Crippen molar-refractivity contribution >= 4 is 28.1 Å². The van der Waals surface area contributed by atoms with Crippen molar-refractivity contribution in [1.82, 2.24) is 0 Å². The molecular formula is C18H14N2O4. The Kier molecular flexibility index (Phi) is 4.38. The van der Waals surface area contributed by atoms with Crippen LogP contribution in [-0.4, -0.2) is 17.4 Å². The number of nitro groups is 1. The molecule has 0 fully saturated rings. The maximum Gasteiger partial charge on any atom is 0.330 e. The predicted molar refractivity (Wildman–Crippen MR) is 91.2 cm³/mol. The zero-order chi connectivity index (χ0) is 16.9. The molecule has 6 nitrogen and oxygen atoms in total. The molecule has 3 rings (SSSR count). The Morgan fingerprint density at radius 3 is 2.46 bits per heavy atom. The van der Waals surface area contributed by atoms with E-state index in [0.717, 1.165) is 16.5 Å². The number of nitrogens with one attached hydrogen (secondary N) is 1. The summed E-state index contributed by atoms with van der Waals surface area (Å²) in [5.74, 6) is -0.206. The number of rotatable bonds is 5. The average Bonchev–Trinajstić information content (AvgIpc) is 2.60. The van der Waals surface area contributed by atoms with Gasteiger partial charge in [0.25, 0.3) is 5.69 Å². The third-order valence-electron chi connectivity index (χ3n) is 3.49. The third-order valence-corrected chi connectivity index (χ3v) is 3.49. The van der Waals surface area contributed by atoms with E-state index in [1.165, 1.54) is 24.3 Å². The van der Waals surface area contributed by atoms with Crippen LogP contribution in [0.25, 0.3) is 10.8 Å². The van der Waals surface area contributed by atoms with E-state index < -0.39 is 10.9 Å². The first-order valence-electron chi connectivity index (χ1n) is 7.30. The number of ether oxygens (including phenoxy) is 1. The van der Waals surface area contributed by atoms with E-state index in [1.54, 1.807) is 0 Å². The molecule has 0 aliphatic rings. The minimum Gasteiger partial charge on any atom is -0.425 e. The van der Waals surface area contributed by atoms with Gasteiger partial charge in [0.05, 0.1) is 4.92 Å². The van der Waals surface area contributed by atoms with Crippen LogP contribution in [0, 0.1) is 10.1 Å². The van der Waals surface area contributed by atoms with E-state index in [4.69, 9.17) is 4.74 Å². The molecule has 0 amide bonds. The number of fused-ring (bicyclic) bond motifs is 1. The quantitative estimate of drug-likeness (QED) is 0.335. The van der Waals surface area contributed by atoms with Gasteiger partial charge in [-0.05, 0) is 23.6 Å². The summed E-state index contributed by atoms with van der Waals surface area (Å²) >= 11 is 0. The van der Waals surface area contributed by atoms with E-state index in [0.29, 0.717) is 0 Å². The van der Waals surface area contributed by atoms with Crippen molar-refractivity contribution in [1.29, 1.82) is 0 Å². The van der Waals surface area contributed by atoms with Crippen molar-refractivity contribution < 1.29 is 14.5 Å². The van der Waals surface area contributed by atoms with E-state index in [-0.39, 0.29) is 18.0 Å². The number of nitro benzene ring substituents is 1. The van der Waals surface area contributed by atoms with Gasteiger partial charge in [-0.2, -0.15) is 0 Å². The smallest absolute Gasteiger partial charge is 0.330 e. The van der Waals surface area contributed by atoms with Crippen LogP contribution in [0.15, 0.2) is 66.7 Å². The van der Waals surface area contributed by atoms with Crippen molar-refractivity contribution in [3.63, 3.8) is 0 Å². The Morgan fingerprint density at radius 1 is 1.00 bits per heavy atom. The van der Waals surface area contributed by atoms with Crippen molar-refractivity contribution in [2.45, 2.75) is 0 Å². The van der Waals surface area contributed by atoms with Crippen molar-refractivity contribution in [3.05, 3.63) is 76.8 Å². The Balaban J connectivity index is 1.64. The van der Waals surface area contributed by atoms with Gasteiger partial charge in [0.15, 0.2) is 0 Å².